The van der Waals surface area contributed by atoms with Gasteiger partial charge in [-0.1, -0.05) is 13.8 Å². The van der Waals surface area contributed by atoms with E-state index in [-0.39, 0.29) is 0 Å². The topological polar surface area (TPSA) is 49.8 Å². The zero-order valence-corrected chi connectivity index (χ0v) is 9.33. The largest absolute Gasteiger partial charge is 0.366 e. The highest BCUT2D eigenvalue weighted by Crippen LogP contribution is 2.23. The van der Waals surface area contributed by atoms with Crippen LogP contribution >= 0.6 is 0 Å². The van der Waals surface area contributed by atoms with Gasteiger partial charge in [-0.15, -0.1) is 0 Å². The fourth-order valence-corrected chi connectivity index (χ4v) is 1.31. The van der Waals surface area contributed by atoms with Crippen molar-refractivity contribution in [1.29, 1.82) is 0 Å². The van der Waals surface area contributed by atoms with Gasteiger partial charge >= 0.3 is 0 Å². The van der Waals surface area contributed by atoms with Crippen molar-refractivity contribution in [3.63, 3.8) is 0 Å². The minimum Gasteiger partial charge on any atom is -0.366 e. The fraction of sp³-hybridized carbons (Fsp3) is 0.636. The number of hydrogen-bond donors (Lipinski definition) is 2. The van der Waals surface area contributed by atoms with E-state index in [9.17, 15) is 0 Å². The maximum Gasteiger partial charge on any atom is 0.145 e. The smallest absolute Gasteiger partial charge is 0.145 e. The van der Waals surface area contributed by atoms with Gasteiger partial charge in [-0.25, -0.2) is 4.98 Å². The molecule has 0 atom stereocenters. The Hall–Kier alpha value is -1.16. The van der Waals surface area contributed by atoms with Gasteiger partial charge in [0.15, 0.2) is 0 Å². The van der Waals surface area contributed by atoms with Crippen LogP contribution in [0.15, 0.2) is 12.4 Å². The highest BCUT2D eigenvalue weighted by molar-refractivity contribution is 5.34. The van der Waals surface area contributed by atoms with Gasteiger partial charge < -0.3 is 10.6 Å². The van der Waals surface area contributed by atoms with E-state index < -0.39 is 0 Å². The van der Waals surface area contributed by atoms with Gasteiger partial charge in [-0.3, -0.25) is 4.98 Å². The van der Waals surface area contributed by atoms with E-state index in [1.54, 1.807) is 6.20 Å². The van der Waals surface area contributed by atoms with Gasteiger partial charge in [0, 0.05) is 24.8 Å². The number of aromatic nitrogens is 2. The van der Waals surface area contributed by atoms with Crippen LogP contribution in [-0.2, 0) is 6.54 Å². The molecule has 1 heterocycles. The van der Waals surface area contributed by atoms with Crippen LogP contribution in [0.1, 0.15) is 32.4 Å². The summed E-state index contributed by atoms with van der Waals surface area (Å²) in [4.78, 5) is 8.67. The lowest BCUT2D eigenvalue weighted by Crippen LogP contribution is -2.22. The Bertz CT molecular complexity index is 320. The quantitative estimate of drug-likeness (QED) is 0.767. The molecular formula is C11H18N4. The molecule has 82 valence electrons. The standard InChI is InChI=1S/C11H18N4/c1-8(2)13-6-10-5-12-7-11(15-10)14-9-3-4-9/h5,7-9,13H,3-4,6H2,1-2H3,(H,14,15). The molecule has 0 unspecified atom stereocenters. The second-order valence-corrected chi connectivity index (χ2v) is 4.35. The maximum atomic E-state index is 4.49. The highest BCUT2D eigenvalue weighted by Gasteiger charge is 2.21. The Balaban J connectivity index is 1.92. The van der Waals surface area contributed by atoms with Gasteiger partial charge in [0.1, 0.15) is 5.82 Å². The third kappa shape index (κ3) is 3.47. The first-order valence-corrected chi connectivity index (χ1v) is 5.55. The van der Waals surface area contributed by atoms with Gasteiger partial charge in [-0.05, 0) is 12.8 Å². The zero-order chi connectivity index (χ0) is 10.7. The van der Waals surface area contributed by atoms with Gasteiger partial charge in [0.05, 0.1) is 11.9 Å². The number of nitrogens with one attached hydrogen (secondary N) is 2. The third-order valence-electron chi connectivity index (χ3n) is 2.31. The molecule has 1 aliphatic rings. The SMILES string of the molecule is CC(C)NCc1cncc(NC2CC2)n1. The van der Waals surface area contributed by atoms with Crippen molar-refractivity contribution in [3.8, 4) is 0 Å². The second-order valence-electron chi connectivity index (χ2n) is 4.35. The first-order valence-electron chi connectivity index (χ1n) is 5.55. The lowest BCUT2D eigenvalue weighted by Gasteiger charge is -2.08. The summed E-state index contributed by atoms with van der Waals surface area (Å²) in [6, 6.07) is 1.11. The predicted octanol–water partition coefficient (Wildman–Crippen LogP) is 1.55. The molecule has 0 radical (unpaired) electrons. The van der Waals surface area contributed by atoms with E-state index >= 15 is 0 Å². The summed E-state index contributed by atoms with van der Waals surface area (Å²) in [5.41, 5.74) is 0.995. The predicted molar refractivity (Wildman–Crippen MR) is 60.7 cm³/mol. The van der Waals surface area contributed by atoms with Crippen LogP contribution in [0.4, 0.5) is 5.82 Å². The monoisotopic (exact) mass is 206 g/mol. The Morgan fingerprint density at radius 2 is 2.20 bits per heavy atom. The summed E-state index contributed by atoms with van der Waals surface area (Å²) >= 11 is 0. The van der Waals surface area contributed by atoms with Crippen molar-refractivity contribution in [2.75, 3.05) is 5.32 Å². The number of rotatable bonds is 5. The number of nitrogens with zero attached hydrogens (tertiary/aromatic N) is 2. The zero-order valence-electron chi connectivity index (χ0n) is 9.33. The van der Waals surface area contributed by atoms with Crippen molar-refractivity contribution in [3.05, 3.63) is 18.1 Å². The lowest BCUT2D eigenvalue weighted by atomic mass is 10.3. The van der Waals surface area contributed by atoms with E-state index in [0.717, 1.165) is 18.1 Å². The average molecular weight is 206 g/mol. The minimum absolute atomic E-state index is 0.479. The van der Waals surface area contributed by atoms with Crippen molar-refractivity contribution >= 4 is 5.82 Å². The first-order chi connectivity index (χ1) is 7.24. The van der Waals surface area contributed by atoms with Crippen LogP contribution in [0, 0.1) is 0 Å². The van der Waals surface area contributed by atoms with E-state index in [1.165, 1.54) is 12.8 Å². The molecule has 15 heavy (non-hydrogen) atoms. The molecule has 4 heteroatoms. The van der Waals surface area contributed by atoms with Crippen LogP contribution in [0.5, 0.6) is 0 Å². The van der Waals surface area contributed by atoms with Gasteiger partial charge in [0.25, 0.3) is 0 Å². The van der Waals surface area contributed by atoms with Gasteiger partial charge in [-0.2, -0.15) is 0 Å². The lowest BCUT2D eigenvalue weighted by molar-refractivity contribution is 0.580. The molecule has 1 aromatic rings. The molecule has 1 fully saturated rings. The molecular weight excluding hydrogens is 188 g/mol. The molecule has 2 N–H and O–H groups in total. The summed E-state index contributed by atoms with van der Waals surface area (Å²) < 4.78 is 0. The van der Waals surface area contributed by atoms with Crippen LogP contribution in [-0.4, -0.2) is 22.1 Å². The Kier molecular flexibility index (Phi) is 3.16. The normalized spacial score (nSPS) is 15.7. The molecule has 2 rings (SSSR count). The Labute approximate surface area is 90.5 Å². The van der Waals surface area contributed by atoms with Crippen LogP contribution in [0.3, 0.4) is 0 Å². The van der Waals surface area contributed by atoms with Crippen molar-refractivity contribution < 1.29 is 0 Å². The molecule has 0 bridgehead atoms. The van der Waals surface area contributed by atoms with Crippen LogP contribution in [0.25, 0.3) is 0 Å². The summed E-state index contributed by atoms with van der Waals surface area (Å²) in [6.45, 7) is 5.03. The molecule has 0 spiro atoms. The molecule has 4 nitrogen and oxygen atoms in total. The van der Waals surface area contributed by atoms with E-state index in [4.69, 9.17) is 0 Å². The highest BCUT2D eigenvalue weighted by atomic mass is 15.1. The molecule has 0 aromatic carbocycles. The van der Waals surface area contributed by atoms with E-state index in [2.05, 4.69) is 34.4 Å². The molecule has 0 aliphatic heterocycles. The average Bonchev–Trinajstić information content (AvgIpc) is 2.99. The summed E-state index contributed by atoms with van der Waals surface area (Å²) in [6.07, 6.45) is 6.12. The van der Waals surface area contributed by atoms with E-state index in [0.29, 0.717) is 12.1 Å². The maximum absolute atomic E-state index is 4.49. The first kappa shape index (κ1) is 10.4. The fourth-order valence-electron chi connectivity index (χ4n) is 1.31. The van der Waals surface area contributed by atoms with Gasteiger partial charge in [0.2, 0.25) is 0 Å². The second kappa shape index (κ2) is 4.57. The minimum atomic E-state index is 0.479. The van der Waals surface area contributed by atoms with Crippen LogP contribution in [0.2, 0.25) is 0 Å². The Morgan fingerprint density at radius 1 is 1.40 bits per heavy atom. The number of hydrogen-bond acceptors (Lipinski definition) is 4. The third-order valence-corrected chi connectivity index (χ3v) is 2.31. The van der Waals surface area contributed by atoms with Crippen molar-refractivity contribution in [1.82, 2.24) is 15.3 Å². The molecule has 1 aromatic heterocycles. The van der Waals surface area contributed by atoms with Crippen LogP contribution < -0.4 is 10.6 Å². The number of anilines is 1. The van der Waals surface area contributed by atoms with E-state index in [1.807, 2.05) is 6.20 Å². The molecule has 0 amide bonds. The van der Waals surface area contributed by atoms with Crippen molar-refractivity contribution in [2.45, 2.75) is 45.3 Å². The molecule has 0 saturated heterocycles. The Morgan fingerprint density at radius 3 is 2.87 bits per heavy atom. The van der Waals surface area contributed by atoms with Crippen molar-refractivity contribution in [2.24, 2.45) is 0 Å². The summed E-state index contributed by atoms with van der Waals surface area (Å²) in [5, 5.41) is 6.67. The summed E-state index contributed by atoms with van der Waals surface area (Å²) in [7, 11) is 0. The summed E-state index contributed by atoms with van der Waals surface area (Å²) in [5.74, 6) is 0.903. The molecule has 1 saturated carbocycles. The molecule has 1 aliphatic carbocycles.